The monoisotopic (exact) mass is 301 g/mol. The van der Waals surface area contributed by atoms with Crippen molar-refractivity contribution in [1.29, 1.82) is 0 Å². The highest BCUT2D eigenvalue weighted by molar-refractivity contribution is 6.42. The number of halogens is 2. The molecule has 0 unspecified atom stereocenters. The van der Waals surface area contributed by atoms with Crippen molar-refractivity contribution in [2.24, 2.45) is 5.41 Å². The Labute approximate surface area is 125 Å². The molecule has 106 valence electrons. The molecule has 1 aromatic rings. The Morgan fingerprint density at radius 2 is 1.95 bits per heavy atom. The first kappa shape index (κ1) is 15.1. The number of hydrogen-bond acceptors (Lipinski definition) is 2. The van der Waals surface area contributed by atoms with Crippen LogP contribution in [0.2, 0.25) is 10.0 Å². The van der Waals surface area contributed by atoms with E-state index in [1.165, 1.54) is 5.56 Å². The molecule has 1 aromatic carbocycles. The summed E-state index contributed by atoms with van der Waals surface area (Å²) in [6.07, 6.45) is 3.30. The molecule has 0 radical (unpaired) electrons. The third-order valence-electron chi connectivity index (χ3n) is 3.84. The normalized spacial score (nSPS) is 18.5. The maximum absolute atomic E-state index is 6.11. The molecule has 4 heteroatoms. The van der Waals surface area contributed by atoms with Gasteiger partial charge >= 0.3 is 0 Å². The van der Waals surface area contributed by atoms with Crippen LogP contribution in [0.5, 0.6) is 0 Å². The lowest BCUT2D eigenvalue weighted by Gasteiger charge is -2.37. The second-order valence-corrected chi connectivity index (χ2v) is 6.13. The van der Waals surface area contributed by atoms with Crippen molar-refractivity contribution in [2.45, 2.75) is 26.2 Å². The molecule has 2 rings (SSSR count). The van der Waals surface area contributed by atoms with Crippen molar-refractivity contribution in [3.8, 4) is 0 Å². The van der Waals surface area contributed by atoms with Gasteiger partial charge in [0.25, 0.3) is 0 Å². The van der Waals surface area contributed by atoms with Crippen molar-refractivity contribution in [3.05, 3.63) is 33.8 Å². The molecule has 0 aromatic heterocycles. The van der Waals surface area contributed by atoms with Crippen molar-refractivity contribution < 1.29 is 4.74 Å². The minimum Gasteiger partial charge on any atom is -0.381 e. The topological polar surface area (TPSA) is 21.3 Å². The van der Waals surface area contributed by atoms with E-state index in [4.69, 9.17) is 27.9 Å². The average molecular weight is 302 g/mol. The predicted octanol–water partition coefficient (Wildman–Crippen LogP) is 3.94. The standard InChI is InChI=1S/C15H21Cl2NO/c1-2-19-11-15(5-7-18-8-6-15)10-12-3-4-13(16)14(17)9-12/h3-4,9,18H,2,5-8,10-11H2,1H3. The molecule has 0 spiro atoms. The number of ether oxygens (including phenoxy) is 1. The lowest BCUT2D eigenvalue weighted by molar-refractivity contribution is 0.0302. The second-order valence-electron chi connectivity index (χ2n) is 5.31. The quantitative estimate of drug-likeness (QED) is 0.889. The van der Waals surface area contributed by atoms with E-state index < -0.39 is 0 Å². The van der Waals surface area contributed by atoms with E-state index in [-0.39, 0.29) is 5.41 Å². The molecular weight excluding hydrogens is 281 g/mol. The number of piperidine rings is 1. The number of nitrogens with one attached hydrogen (secondary N) is 1. The first-order valence-corrected chi connectivity index (χ1v) is 7.63. The van der Waals surface area contributed by atoms with Crippen LogP contribution in [0.25, 0.3) is 0 Å². The van der Waals surface area contributed by atoms with Gasteiger partial charge in [-0.15, -0.1) is 0 Å². The van der Waals surface area contributed by atoms with E-state index >= 15 is 0 Å². The maximum atomic E-state index is 6.11. The summed E-state index contributed by atoms with van der Waals surface area (Å²) < 4.78 is 5.72. The summed E-state index contributed by atoms with van der Waals surface area (Å²) in [4.78, 5) is 0. The van der Waals surface area contributed by atoms with Gasteiger partial charge in [0, 0.05) is 12.0 Å². The van der Waals surface area contributed by atoms with Crippen LogP contribution in [0.4, 0.5) is 0 Å². The fourth-order valence-corrected chi connectivity index (χ4v) is 3.05. The zero-order valence-corrected chi connectivity index (χ0v) is 12.9. The Bertz CT molecular complexity index is 417. The summed E-state index contributed by atoms with van der Waals surface area (Å²) in [7, 11) is 0. The Hall–Kier alpha value is -0.280. The summed E-state index contributed by atoms with van der Waals surface area (Å²) in [5.41, 5.74) is 1.48. The molecule has 1 aliphatic rings. The van der Waals surface area contributed by atoms with E-state index in [9.17, 15) is 0 Å². The zero-order valence-electron chi connectivity index (χ0n) is 11.3. The van der Waals surface area contributed by atoms with Gasteiger partial charge in [0.2, 0.25) is 0 Å². The minimum atomic E-state index is 0.235. The van der Waals surface area contributed by atoms with Crippen LogP contribution < -0.4 is 5.32 Å². The molecule has 0 atom stereocenters. The van der Waals surface area contributed by atoms with Crippen LogP contribution in [0.1, 0.15) is 25.3 Å². The van der Waals surface area contributed by atoms with Crippen LogP contribution in [-0.4, -0.2) is 26.3 Å². The fourth-order valence-electron chi connectivity index (χ4n) is 2.73. The summed E-state index contributed by atoms with van der Waals surface area (Å²) in [5, 5.41) is 4.68. The van der Waals surface area contributed by atoms with Gasteiger partial charge in [0.1, 0.15) is 0 Å². The van der Waals surface area contributed by atoms with E-state index in [0.29, 0.717) is 10.0 Å². The zero-order chi connectivity index (χ0) is 13.7. The fraction of sp³-hybridized carbons (Fsp3) is 0.600. The molecule has 0 amide bonds. The molecule has 1 fully saturated rings. The van der Waals surface area contributed by atoms with Gasteiger partial charge in [-0.25, -0.2) is 0 Å². The average Bonchev–Trinajstić information content (AvgIpc) is 2.42. The third kappa shape index (κ3) is 4.09. The summed E-state index contributed by atoms with van der Waals surface area (Å²) in [6, 6.07) is 5.94. The highest BCUT2D eigenvalue weighted by Crippen LogP contribution is 2.35. The highest BCUT2D eigenvalue weighted by Gasteiger charge is 2.32. The molecule has 1 aliphatic heterocycles. The Kier molecular flexibility index (Phi) is 5.52. The van der Waals surface area contributed by atoms with Gasteiger partial charge in [-0.2, -0.15) is 0 Å². The van der Waals surface area contributed by atoms with Crippen LogP contribution in [0.3, 0.4) is 0 Å². The smallest absolute Gasteiger partial charge is 0.0595 e. The van der Waals surface area contributed by atoms with Crippen LogP contribution >= 0.6 is 23.2 Å². The van der Waals surface area contributed by atoms with E-state index in [1.807, 2.05) is 19.1 Å². The molecular formula is C15H21Cl2NO. The van der Waals surface area contributed by atoms with Crippen molar-refractivity contribution >= 4 is 23.2 Å². The van der Waals surface area contributed by atoms with Gasteiger partial charge < -0.3 is 10.1 Å². The molecule has 2 nitrogen and oxygen atoms in total. The molecule has 1 N–H and O–H groups in total. The first-order valence-electron chi connectivity index (χ1n) is 6.88. The Morgan fingerprint density at radius 1 is 1.21 bits per heavy atom. The lowest BCUT2D eigenvalue weighted by atomic mass is 9.75. The second kappa shape index (κ2) is 6.94. The summed E-state index contributed by atoms with van der Waals surface area (Å²) in [6.45, 7) is 5.78. The third-order valence-corrected chi connectivity index (χ3v) is 4.58. The van der Waals surface area contributed by atoms with Crippen molar-refractivity contribution in [2.75, 3.05) is 26.3 Å². The van der Waals surface area contributed by atoms with Crippen molar-refractivity contribution in [3.63, 3.8) is 0 Å². The molecule has 1 heterocycles. The maximum Gasteiger partial charge on any atom is 0.0595 e. The summed E-state index contributed by atoms with van der Waals surface area (Å²) in [5.74, 6) is 0. The van der Waals surface area contributed by atoms with Crippen LogP contribution in [0.15, 0.2) is 18.2 Å². The molecule has 0 saturated carbocycles. The largest absolute Gasteiger partial charge is 0.381 e. The van der Waals surface area contributed by atoms with E-state index in [2.05, 4.69) is 11.4 Å². The van der Waals surface area contributed by atoms with E-state index in [1.54, 1.807) is 0 Å². The predicted molar refractivity (Wildman–Crippen MR) is 81.2 cm³/mol. The van der Waals surface area contributed by atoms with Gasteiger partial charge in [-0.05, 0) is 57.0 Å². The van der Waals surface area contributed by atoms with Gasteiger partial charge in [-0.3, -0.25) is 0 Å². The molecule has 0 aliphatic carbocycles. The van der Waals surface area contributed by atoms with Crippen LogP contribution in [0, 0.1) is 5.41 Å². The molecule has 1 saturated heterocycles. The minimum absolute atomic E-state index is 0.235. The number of rotatable bonds is 5. The van der Waals surface area contributed by atoms with Gasteiger partial charge in [0.15, 0.2) is 0 Å². The first-order chi connectivity index (χ1) is 9.15. The van der Waals surface area contributed by atoms with Crippen molar-refractivity contribution in [1.82, 2.24) is 5.32 Å². The number of hydrogen-bond donors (Lipinski definition) is 1. The number of benzene rings is 1. The van der Waals surface area contributed by atoms with E-state index in [0.717, 1.165) is 45.6 Å². The van der Waals surface area contributed by atoms with Gasteiger partial charge in [0.05, 0.1) is 16.7 Å². The Balaban J connectivity index is 2.12. The summed E-state index contributed by atoms with van der Waals surface area (Å²) >= 11 is 12.1. The SMILES string of the molecule is CCOCC1(Cc2ccc(Cl)c(Cl)c2)CCNCC1. The van der Waals surface area contributed by atoms with Gasteiger partial charge in [-0.1, -0.05) is 29.3 Å². The Morgan fingerprint density at radius 3 is 2.58 bits per heavy atom. The van der Waals surface area contributed by atoms with Crippen LogP contribution in [-0.2, 0) is 11.2 Å². The molecule has 19 heavy (non-hydrogen) atoms. The molecule has 0 bridgehead atoms. The highest BCUT2D eigenvalue weighted by atomic mass is 35.5. The lowest BCUT2D eigenvalue weighted by Crippen LogP contribution is -2.41.